The zero-order valence-electron chi connectivity index (χ0n) is 17.6. The number of carbonyl (C=O) groups excluding carboxylic acids is 1. The first-order chi connectivity index (χ1) is 14.5. The number of rotatable bonds is 8. The molecule has 0 aliphatic heterocycles. The molecule has 2 aromatic rings. The molecule has 1 saturated carbocycles. The number of guanidine groups is 1. The van der Waals surface area contributed by atoms with Crippen molar-refractivity contribution in [3.63, 3.8) is 0 Å². The van der Waals surface area contributed by atoms with Crippen LogP contribution < -0.4 is 22.1 Å². The summed E-state index contributed by atoms with van der Waals surface area (Å²) in [6.07, 6.45) is 3.99. The van der Waals surface area contributed by atoms with Crippen LogP contribution >= 0.6 is 0 Å². The third-order valence-electron chi connectivity index (χ3n) is 5.16. The SMILES string of the molecule is CCOCCNC(=O)c1nc(N[C@H]2CCCC[C@H]2N=C(N)N)c2cc(C)ccc2n1. The van der Waals surface area contributed by atoms with Gasteiger partial charge in [0.05, 0.1) is 24.2 Å². The Labute approximate surface area is 176 Å². The summed E-state index contributed by atoms with van der Waals surface area (Å²) in [6, 6.07) is 5.91. The number of anilines is 1. The van der Waals surface area contributed by atoms with Gasteiger partial charge in [0.1, 0.15) is 5.82 Å². The first-order valence-electron chi connectivity index (χ1n) is 10.5. The summed E-state index contributed by atoms with van der Waals surface area (Å²) in [6.45, 7) is 5.38. The smallest absolute Gasteiger partial charge is 0.289 e. The van der Waals surface area contributed by atoms with E-state index in [9.17, 15) is 4.79 Å². The van der Waals surface area contributed by atoms with Gasteiger partial charge in [-0.3, -0.25) is 4.79 Å². The van der Waals surface area contributed by atoms with Crippen LogP contribution in [0.3, 0.4) is 0 Å². The summed E-state index contributed by atoms with van der Waals surface area (Å²) in [5.41, 5.74) is 13.1. The molecule has 30 heavy (non-hydrogen) atoms. The maximum absolute atomic E-state index is 12.6. The number of aryl methyl sites for hydroxylation is 1. The molecule has 1 heterocycles. The minimum Gasteiger partial charge on any atom is -0.380 e. The lowest BCUT2D eigenvalue weighted by Crippen LogP contribution is -2.38. The molecule has 9 heteroatoms. The Morgan fingerprint density at radius 3 is 2.83 bits per heavy atom. The highest BCUT2D eigenvalue weighted by atomic mass is 16.5. The standard InChI is InChI=1S/C21H31N7O2/c1-3-30-11-10-24-20(29)19-25-15-9-8-13(2)12-14(15)18(28-19)26-16-6-4-5-7-17(16)27-21(22)23/h8-9,12,16-17H,3-7,10-11H2,1-2H3,(H,24,29)(H4,22,23,27)(H,25,26,28)/t16-,17+/m0/s1. The topological polar surface area (TPSA) is 141 Å². The van der Waals surface area contributed by atoms with E-state index in [0.717, 1.165) is 36.6 Å². The number of nitrogens with one attached hydrogen (secondary N) is 2. The number of hydrogen-bond acceptors (Lipinski definition) is 6. The molecular formula is C21H31N7O2. The highest BCUT2D eigenvalue weighted by molar-refractivity contribution is 5.96. The number of fused-ring (bicyclic) bond motifs is 1. The van der Waals surface area contributed by atoms with E-state index in [1.807, 2.05) is 32.0 Å². The predicted octanol–water partition coefficient (Wildman–Crippen LogP) is 1.70. The molecule has 0 bridgehead atoms. The molecular weight excluding hydrogens is 382 g/mol. The fraction of sp³-hybridized carbons (Fsp3) is 0.524. The number of aromatic nitrogens is 2. The molecule has 1 aromatic carbocycles. The van der Waals surface area contributed by atoms with Gasteiger partial charge in [-0.15, -0.1) is 0 Å². The molecule has 1 aliphatic carbocycles. The molecule has 6 N–H and O–H groups in total. The third-order valence-corrected chi connectivity index (χ3v) is 5.16. The van der Waals surface area contributed by atoms with Gasteiger partial charge in [-0.05, 0) is 38.8 Å². The Kier molecular flexibility index (Phi) is 7.40. The summed E-state index contributed by atoms with van der Waals surface area (Å²) in [4.78, 5) is 26.0. The Morgan fingerprint density at radius 2 is 2.07 bits per heavy atom. The number of carbonyl (C=O) groups is 1. The lowest BCUT2D eigenvalue weighted by molar-refractivity contribution is 0.0913. The number of amides is 1. The molecule has 0 saturated heterocycles. The molecule has 2 atom stereocenters. The van der Waals surface area contributed by atoms with E-state index in [-0.39, 0.29) is 29.8 Å². The van der Waals surface area contributed by atoms with Crippen LogP contribution in [0.15, 0.2) is 23.2 Å². The minimum absolute atomic E-state index is 0.0259. The normalized spacial score (nSPS) is 18.7. The molecule has 0 radical (unpaired) electrons. The first kappa shape index (κ1) is 21.8. The van der Waals surface area contributed by atoms with Crippen molar-refractivity contribution in [1.29, 1.82) is 0 Å². The average Bonchev–Trinajstić information content (AvgIpc) is 2.72. The second kappa shape index (κ2) is 10.2. The molecule has 1 amide bonds. The monoisotopic (exact) mass is 413 g/mol. The molecule has 0 spiro atoms. The number of aliphatic imine (C=N–C) groups is 1. The van der Waals surface area contributed by atoms with E-state index in [2.05, 4.69) is 25.6 Å². The third kappa shape index (κ3) is 5.56. The number of benzene rings is 1. The lowest BCUT2D eigenvalue weighted by Gasteiger charge is -2.30. The molecule has 9 nitrogen and oxygen atoms in total. The Hall–Kier alpha value is -2.94. The van der Waals surface area contributed by atoms with E-state index in [4.69, 9.17) is 16.2 Å². The minimum atomic E-state index is -0.329. The van der Waals surface area contributed by atoms with Crippen molar-refractivity contribution in [1.82, 2.24) is 15.3 Å². The summed E-state index contributed by atoms with van der Waals surface area (Å²) in [5, 5.41) is 7.18. The molecule has 162 valence electrons. The lowest BCUT2D eigenvalue weighted by atomic mass is 9.90. The Bertz CT molecular complexity index is 912. The zero-order chi connectivity index (χ0) is 21.5. The quantitative estimate of drug-likeness (QED) is 0.293. The number of nitrogens with zero attached hydrogens (tertiary/aromatic N) is 3. The fourth-order valence-corrected chi connectivity index (χ4v) is 3.72. The Morgan fingerprint density at radius 1 is 1.27 bits per heavy atom. The van der Waals surface area contributed by atoms with Crippen LogP contribution in [0.2, 0.25) is 0 Å². The van der Waals surface area contributed by atoms with Crippen LogP contribution in [0.5, 0.6) is 0 Å². The maximum Gasteiger partial charge on any atom is 0.289 e. The zero-order valence-corrected chi connectivity index (χ0v) is 17.6. The highest BCUT2D eigenvalue weighted by Gasteiger charge is 2.26. The van der Waals surface area contributed by atoms with Crippen LogP contribution in [0.4, 0.5) is 5.82 Å². The largest absolute Gasteiger partial charge is 0.380 e. The van der Waals surface area contributed by atoms with E-state index < -0.39 is 0 Å². The molecule has 1 fully saturated rings. The van der Waals surface area contributed by atoms with Gasteiger partial charge in [0.2, 0.25) is 5.82 Å². The van der Waals surface area contributed by atoms with Gasteiger partial charge in [-0.25, -0.2) is 15.0 Å². The molecule has 3 rings (SSSR count). The summed E-state index contributed by atoms with van der Waals surface area (Å²) < 4.78 is 5.27. The second-order valence-corrected chi connectivity index (χ2v) is 7.53. The van der Waals surface area contributed by atoms with Gasteiger partial charge in [-0.1, -0.05) is 24.5 Å². The first-order valence-corrected chi connectivity index (χ1v) is 10.5. The van der Waals surface area contributed by atoms with Crippen molar-refractivity contribution in [2.24, 2.45) is 16.5 Å². The van der Waals surface area contributed by atoms with E-state index in [1.165, 1.54) is 0 Å². The number of ether oxygens (including phenoxy) is 1. The van der Waals surface area contributed by atoms with Crippen LogP contribution in [0.1, 0.15) is 48.8 Å². The van der Waals surface area contributed by atoms with Crippen molar-refractivity contribution in [2.45, 2.75) is 51.6 Å². The van der Waals surface area contributed by atoms with E-state index in [1.54, 1.807) is 0 Å². The summed E-state index contributed by atoms with van der Waals surface area (Å²) in [7, 11) is 0. The van der Waals surface area contributed by atoms with Crippen molar-refractivity contribution in [2.75, 3.05) is 25.1 Å². The van der Waals surface area contributed by atoms with Gasteiger partial charge in [0, 0.05) is 18.5 Å². The summed E-state index contributed by atoms with van der Waals surface area (Å²) >= 11 is 0. The average molecular weight is 414 g/mol. The van der Waals surface area contributed by atoms with Gasteiger partial charge >= 0.3 is 0 Å². The van der Waals surface area contributed by atoms with Crippen molar-refractivity contribution in [3.05, 3.63) is 29.6 Å². The van der Waals surface area contributed by atoms with Crippen molar-refractivity contribution >= 4 is 28.6 Å². The van der Waals surface area contributed by atoms with Gasteiger partial charge in [0.15, 0.2) is 5.96 Å². The highest BCUT2D eigenvalue weighted by Crippen LogP contribution is 2.28. The van der Waals surface area contributed by atoms with Crippen LogP contribution in [-0.4, -0.2) is 53.7 Å². The van der Waals surface area contributed by atoms with Gasteiger partial charge in [-0.2, -0.15) is 0 Å². The maximum atomic E-state index is 12.6. The van der Waals surface area contributed by atoms with Crippen molar-refractivity contribution < 1.29 is 9.53 Å². The van der Waals surface area contributed by atoms with Crippen LogP contribution in [0, 0.1) is 6.92 Å². The van der Waals surface area contributed by atoms with Crippen LogP contribution in [0.25, 0.3) is 10.9 Å². The van der Waals surface area contributed by atoms with E-state index >= 15 is 0 Å². The Balaban J connectivity index is 1.90. The number of hydrogen-bond donors (Lipinski definition) is 4. The van der Waals surface area contributed by atoms with Gasteiger partial charge < -0.3 is 26.8 Å². The molecule has 1 aliphatic rings. The van der Waals surface area contributed by atoms with Gasteiger partial charge in [0.25, 0.3) is 5.91 Å². The van der Waals surface area contributed by atoms with Crippen LogP contribution in [-0.2, 0) is 4.74 Å². The predicted molar refractivity (Wildman–Crippen MR) is 119 cm³/mol. The second-order valence-electron chi connectivity index (χ2n) is 7.53. The van der Waals surface area contributed by atoms with Crippen molar-refractivity contribution in [3.8, 4) is 0 Å². The fourth-order valence-electron chi connectivity index (χ4n) is 3.72. The van der Waals surface area contributed by atoms with E-state index in [0.29, 0.717) is 31.1 Å². The molecule has 1 aromatic heterocycles. The molecule has 0 unspecified atom stereocenters. The summed E-state index contributed by atoms with van der Waals surface area (Å²) in [5.74, 6) is 0.511. The number of nitrogens with two attached hydrogens (primary N) is 2.